The highest BCUT2D eigenvalue weighted by Crippen LogP contribution is 2.15. The van der Waals surface area contributed by atoms with E-state index in [0.717, 1.165) is 24.3 Å². The number of aliphatic hydroxyl groups excluding tert-OH is 1. The van der Waals surface area contributed by atoms with Gasteiger partial charge in [-0.25, -0.2) is 0 Å². The van der Waals surface area contributed by atoms with E-state index in [4.69, 9.17) is 14.2 Å². The van der Waals surface area contributed by atoms with E-state index in [9.17, 15) is 5.11 Å². The number of benzene rings is 1. The monoisotopic (exact) mass is 520 g/mol. The van der Waals surface area contributed by atoms with E-state index in [1.165, 1.54) is 122 Å². The van der Waals surface area contributed by atoms with E-state index in [2.05, 4.69) is 6.92 Å². The Bertz CT molecular complexity index is 574. The van der Waals surface area contributed by atoms with Gasteiger partial charge in [0.15, 0.2) is 0 Å². The van der Waals surface area contributed by atoms with Gasteiger partial charge in [-0.2, -0.15) is 0 Å². The summed E-state index contributed by atoms with van der Waals surface area (Å²) in [6.45, 7) is 3.95. The molecule has 1 rings (SSSR count). The van der Waals surface area contributed by atoms with Crippen LogP contribution >= 0.6 is 0 Å². The second-order valence-electron chi connectivity index (χ2n) is 10.8. The first-order chi connectivity index (χ1) is 18.3. The molecule has 216 valence electrons. The van der Waals surface area contributed by atoms with Gasteiger partial charge in [-0.15, -0.1) is 0 Å². The van der Waals surface area contributed by atoms with Gasteiger partial charge >= 0.3 is 0 Å². The summed E-state index contributed by atoms with van der Waals surface area (Å²) in [6.07, 6.45) is 27.6. The van der Waals surface area contributed by atoms with Gasteiger partial charge in [-0.3, -0.25) is 0 Å². The zero-order chi connectivity index (χ0) is 26.7. The zero-order valence-corrected chi connectivity index (χ0v) is 24.5. The fourth-order valence-corrected chi connectivity index (χ4v) is 4.76. The van der Waals surface area contributed by atoms with E-state index in [1.54, 1.807) is 7.11 Å². The first-order valence-corrected chi connectivity index (χ1v) is 15.7. The number of aliphatic hydroxyl groups is 1. The lowest BCUT2D eigenvalue weighted by molar-refractivity contribution is -0.0502. The second kappa shape index (κ2) is 26.5. The number of unbranched alkanes of at least 4 members (excludes halogenated alkanes) is 19. The first-order valence-electron chi connectivity index (χ1n) is 15.7. The van der Waals surface area contributed by atoms with Crippen molar-refractivity contribution in [3.05, 3.63) is 29.8 Å². The molecular formula is C33H60O4. The van der Waals surface area contributed by atoms with Crippen molar-refractivity contribution in [1.82, 2.24) is 0 Å². The maximum atomic E-state index is 9.53. The van der Waals surface area contributed by atoms with Crippen LogP contribution in [0.4, 0.5) is 0 Å². The minimum atomic E-state index is -0.271. The molecule has 0 heterocycles. The highest BCUT2D eigenvalue weighted by Gasteiger charge is 2.08. The Balaban J connectivity index is 1.78. The van der Waals surface area contributed by atoms with Gasteiger partial charge in [0.2, 0.25) is 0 Å². The molecule has 1 atom stereocenters. The van der Waals surface area contributed by atoms with Crippen molar-refractivity contribution in [2.45, 2.75) is 148 Å². The maximum Gasteiger partial charge on any atom is 0.118 e. The summed E-state index contributed by atoms with van der Waals surface area (Å²) in [5, 5.41) is 9.53. The largest absolute Gasteiger partial charge is 0.497 e. The number of hydrogen-bond acceptors (Lipinski definition) is 4. The summed E-state index contributed by atoms with van der Waals surface area (Å²) in [5.74, 6) is 0.834. The van der Waals surface area contributed by atoms with E-state index in [1.807, 2.05) is 24.3 Å². The number of ether oxygens (including phenoxy) is 3. The molecule has 0 aromatic heterocycles. The van der Waals surface area contributed by atoms with Crippen LogP contribution in [0.15, 0.2) is 24.3 Å². The Labute approximate surface area is 229 Å². The van der Waals surface area contributed by atoms with Crippen molar-refractivity contribution in [3.8, 4) is 5.75 Å². The molecule has 0 aliphatic carbocycles. The lowest BCUT2D eigenvalue weighted by atomic mass is 10.0. The quantitative estimate of drug-likeness (QED) is 0.112. The Kier molecular flexibility index (Phi) is 24.3. The molecule has 0 spiro atoms. The molecule has 0 saturated carbocycles. The van der Waals surface area contributed by atoms with Gasteiger partial charge in [-0.1, -0.05) is 141 Å². The van der Waals surface area contributed by atoms with E-state index < -0.39 is 0 Å². The van der Waals surface area contributed by atoms with Crippen LogP contribution < -0.4 is 4.74 Å². The molecule has 0 unspecified atom stereocenters. The van der Waals surface area contributed by atoms with Crippen LogP contribution in [0.25, 0.3) is 0 Å². The van der Waals surface area contributed by atoms with Crippen LogP contribution in [0.5, 0.6) is 5.75 Å². The van der Waals surface area contributed by atoms with Gasteiger partial charge in [0.05, 0.1) is 26.9 Å². The maximum absolute atomic E-state index is 9.53. The van der Waals surface area contributed by atoms with Crippen LogP contribution in [-0.2, 0) is 16.1 Å². The second-order valence-corrected chi connectivity index (χ2v) is 10.8. The topological polar surface area (TPSA) is 47.9 Å². The molecule has 1 N–H and O–H groups in total. The van der Waals surface area contributed by atoms with Gasteiger partial charge in [0.25, 0.3) is 0 Å². The van der Waals surface area contributed by atoms with Gasteiger partial charge in [0.1, 0.15) is 11.9 Å². The van der Waals surface area contributed by atoms with Crippen molar-refractivity contribution < 1.29 is 19.3 Å². The van der Waals surface area contributed by atoms with E-state index >= 15 is 0 Å². The molecule has 1 aromatic rings. The average molecular weight is 521 g/mol. The third kappa shape index (κ3) is 21.5. The fourth-order valence-electron chi connectivity index (χ4n) is 4.76. The smallest absolute Gasteiger partial charge is 0.118 e. The van der Waals surface area contributed by atoms with Gasteiger partial charge in [-0.05, 0) is 24.1 Å². The van der Waals surface area contributed by atoms with Crippen LogP contribution in [0.3, 0.4) is 0 Å². The third-order valence-electron chi connectivity index (χ3n) is 7.29. The summed E-state index contributed by atoms with van der Waals surface area (Å²) in [4.78, 5) is 0. The number of methoxy groups -OCH3 is 1. The molecule has 1 aromatic carbocycles. The molecule has 37 heavy (non-hydrogen) atoms. The molecule has 4 nitrogen and oxygen atoms in total. The Hall–Kier alpha value is -1.10. The molecule has 0 aliphatic heterocycles. The van der Waals surface area contributed by atoms with Crippen LogP contribution in [0.2, 0.25) is 0 Å². The molecule has 0 fully saturated rings. The molecule has 0 radical (unpaired) electrons. The van der Waals surface area contributed by atoms with E-state index in [0.29, 0.717) is 13.2 Å². The fraction of sp³-hybridized carbons (Fsp3) is 0.818. The van der Waals surface area contributed by atoms with Crippen molar-refractivity contribution in [2.75, 3.05) is 26.9 Å². The lowest BCUT2D eigenvalue weighted by Crippen LogP contribution is -2.24. The van der Waals surface area contributed by atoms with Crippen molar-refractivity contribution in [3.63, 3.8) is 0 Å². The van der Waals surface area contributed by atoms with Gasteiger partial charge < -0.3 is 19.3 Å². The minimum absolute atomic E-state index is 0.0184. The Morgan fingerprint density at radius 2 is 1.05 bits per heavy atom. The number of hydrogen-bond donors (Lipinski definition) is 1. The normalized spacial score (nSPS) is 12.2. The molecule has 0 bridgehead atoms. The SMILES string of the molecule is CCCCCCCCCCCCCCCCCCCCCCOC[C@H](CO)OCc1ccc(OC)cc1. The van der Waals surface area contributed by atoms with Crippen LogP contribution in [0.1, 0.15) is 141 Å². The minimum Gasteiger partial charge on any atom is -0.497 e. The predicted octanol–water partition coefficient (Wildman–Crippen LogP) is 9.41. The summed E-state index contributed by atoms with van der Waals surface area (Å²) < 4.78 is 16.7. The predicted molar refractivity (Wildman–Crippen MR) is 157 cm³/mol. The number of rotatable bonds is 28. The molecule has 0 amide bonds. The summed E-state index contributed by atoms with van der Waals surface area (Å²) >= 11 is 0. The molecular weight excluding hydrogens is 460 g/mol. The molecule has 0 saturated heterocycles. The highest BCUT2D eigenvalue weighted by molar-refractivity contribution is 5.26. The Morgan fingerprint density at radius 3 is 1.46 bits per heavy atom. The van der Waals surface area contributed by atoms with Crippen molar-refractivity contribution >= 4 is 0 Å². The summed E-state index contributed by atoms with van der Waals surface area (Å²) in [7, 11) is 1.66. The Morgan fingerprint density at radius 1 is 0.622 bits per heavy atom. The van der Waals surface area contributed by atoms with Crippen LogP contribution in [-0.4, -0.2) is 38.1 Å². The zero-order valence-electron chi connectivity index (χ0n) is 24.5. The van der Waals surface area contributed by atoms with E-state index in [-0.39, 0.29) is 12.7 Å². The molecule has 0 aliphatic rings. The lowest BCUT2D eigenvalue weighted by Gasteiger charge is -2.16. The van der Waals surface area contributed by atoms with Crippen molar-refractivity contribution in [2.24, 2.45) is 0 Å². The third-order valence-corrected chi connectivity index (χ3v) is 7.29. The highest BCUT2D eigenvalue weighted by atomic mass is 16.5. The first kappa shape index (κ1) is 33.9. The molecule has 4 heteroatoms. The van der Waals surface area contributed by atoms with Gasteiger partial charge in [0, 0.05) is 6.61 Å². The summed E-state index contributed by atoms with van der Waals surface area (Å²) in [5.41, 5.74) is 1.06. The average Bonchev–Trinajstić information content (AvgIpc) is 2.93. The standard InChI is InChI=1S/C33H60O4/c1-3-4-5-6-7-8-9-10-11-12-13-14-15-16-17-18-19-20-21-22-27-36-30-33(28-34)37-29-31-23-25-32(35-2)26-24-31/h23-26,33-34H,3-22,27-30H2,1-2H3/t33-/m0/s1. The summed E-state index contributed by atoms with van der Waals surface area (Å²) in [6, 6.07) is 7.80. The van der Waals surface area contributed by atoms with Crippen molar-refractivity contribution in [1.29, 1.82) is 0 Å². The van der Waals surface area contributed by atoms with Crippen LogP contribution in [0, 0.1) is 0 Å².